The number of piperidine rings is 1. The summed E-state index contributed by atoms with van der Waals surface area (Å²) in [5, 5.41) is 10.5. The van der Waals surface area contributed by atoms with Crippen molar-refractivity contribution in [2.45, 2.75) is 37.6 Å². The predicted molar refractivity (Wildman–Crippen MR) is 113 cm³/mol. The molecule has 5 rings (SSSR count). The van der Waals surface area contributed by atoms with Crippen molar-refractivity contribution in [1.82, 2.24) is 20.5 Å². The van der Waals surface area contributed by atoms with E-state index in [1.165, 1.54) is 12.1 Å². The zero-order chi connectivity index (χ0) is 20.5. The molecule has 0 bridgehead atoms. The molecule has 1 aliphatic heterocycles. The van der Waals surface area contributed by atoms with Crippen LogP contribution in [0.4, 0.5) is 10.2 Å². The Kier molecular flexibility index (Phi) is 4.94. The Morgan fingerprint density at radius 2 is 2.00 bits per heavy atom. The molecule has 2 fully saturated rings. The molecule has 2 aromatic heterocycles. The highest BCUT2D eigenvalue weighted by atomic mass is 19.1. The number of aromatic amines is 1. The maximum Gasteiger partial charge on any atom is 0.251 e. The van der Waals surface area contributed by atoms with Gasteiger partial charge in [-0.15, -0.1) is 0 Å². The molecule has 3 heterocycles. The minimum atomic E-state index is -0.246. The van der Waals surface area contributed by atoms with Crippen LogP contribution in [-0.4, -0.2) is 40.2 Å². The first-order valence-corrected chi connectivity index (χ1v) is 10.5. The molecule has 6 nitrogen and oxygen atoms in total. The molecule has 3 aromatic rings. The SMILES string of the molecule is O=C(NC1CC1)c1ccnc(N2CCCC(c3[nH]ncc3-c3ccc(F)cc3)C2)c1. The van der Waals surface area contributed by atoms with Gasteiger partial charge in [0, 0.05) is 48.1 Å². The van der Waals surface area contributed by atoms with E-state index in [0.29, 0.717) is 11.6 Å². The second-order valence-electron chi connectivity index (χ2n) is 8.14. The summed E-state index contributed by atoms with van der Waals surface area (Å²) in [7, 11) is 0. The Bertz CT molecular complexity index is 1040. The summed E-state index contributed by atoms with van der Waals surface area (Å²) < 4.78 is 13.3. The average molecular weight is 405 g/mol. The van der Waals surface area contributed by atoms with Crippen LogP contribution in [-0.2, 0) is 0 Å². The second-order valence-corrected chi connectivity index (χ2v) is 8.14. The monoisotopic (exact) mass is 405 g/mol. The third-order valence-corrected chi connectivity index (χ3v) is 5.90. The number of nitrogens with one attached hydrogen (secondary N) is 2. The zero-order valence-electron chi connectivity index (χ0n) is 16.6. The van der Waals surface area contributed by atoms with Gasteiger partial charge in [0.25, 0.3) is 5.91 Å². The van der Waals surface area contributed by atoms with Gasteiger partial charge in [0.15, 0.2) is 0 Å². The van der Waals surface area contributed by atoms with Crippen LogP contribution >= 0.6 is 0 Å². The van der Waals surface area contributed by atoms with Gasteiger partial charge in [-0.25, -0.2) is 9.37 Å². The molecule has 1 amide bonds. The summed E-state index contributed by atoms with van der Waals surface area (Å²) in [6.07, 6.45) is 7.71. The van der Waals surface area contributed by atoms with E-state index in [-0.39, 0.29) is 17.6 Å². The molecule has 30 heavy (non-hydrogen) atoms. The molecular weight excluding hydrogens is 381 g/mol. The minimum Gasteiger partial charge on any atom is -0.356 e. The zero-order valence-corrected chi connectivity index (χ0v) is 16.6. The van der Waals surface area contributed by atoms with Crippen LogP contribution in [0.1, 0.15) is 47.7 Å². The lowest BCUT2D eigenvalue weighted by Crippen LogP contribution is -2.35. The minimum absolute atomic E-state index is 0.0260. The summed E-state index contributed by atoms with van der Waals surface area (Å²) >= 11 is 0. The van der Waals surface area contributed by atoms with Crippen LogP contribution in [0.15, 0.2) is 48.8 Å². The molecule has 0 radical (unpaired) electrons. The number of halogens is 1. The van der Waals surface area contributed by atoms with E-state index >= 15 is 0 Å². The highest BCUT2D eigenvalue weighted by Gasteiger charge is 2.27. The van der Waals surface area contributed by atoms with E-state index in [4.69, 9.17) is 0 Å². The summed E-state index contributed by atoms with van der Waals surface area (Å²) in [6.45, 7) is 1.69. The van der Waals surface area contributed by atoms with Gasteiger partial charge in [-0.2, -0.15) is 5.10 Å². The number of rotatable bonds is 5. The maximum atomic E-state index is 13.3. The quantitative estimate of drug-likeness (QED) is 0.676. The fourth-order valence-electron chi connectivity index (χ4n) is 4.12. The summed E-state index contributed by atoms with van der Waals surface area (Å²) in [5.41, 5.74) is 3.68. The van der Waals surface area contributed by atoms with Crippen molar-refractivity contribution in [3.63, 3.8) is 0 Å². The smallest absolute Gasteiger partial charge is 0.251 e. The summed E-state index contributed by atoms with van der Waals surface area (Å²) in [6, 6.07) is 10.5. The van der Waals surface area contributed by atoms with Crippen molar-refractivity contribution in [3.8, 4) is 11.1 Å². The van der Waals surface area contributed by atoms with Gasteiger partial charge in [-0.1, -0.05) is 12.1 Å². The molecule has 1 aromatic carbocycles. The summed E-state index contributed by atoms with van der Waals surface area (Å²) in [4.78, 5) is 19.2. The van der Waals surface area contributed by atoms with Crippen LogP contribution in [0.2, 0.25) is 0 Å². The van der Waals surface area contributed by atoms with Gasteiger partial charge in [-0.3, -0.25) is 9.89 Å². The number of amides is 1. The van der Waals surface area contributed by atoms with Crippen LogP contribution in [0.5, 0.6) is 0 Å². The lowest BCUT2D eigenvalue weighted by molar-refractivity contribution is 0.0951. The molecule has 1 unspecified atom stereocenters. The van der Waals surface area contributed by atoms with Gasteiger partial charge >= 0.3 is 0 Å². The fourth-order valence-corrected chi connectivity index (χ4v) is 4.12. The number of carbonyl (C=O) groups excluding carboxylic acids is 1. The number of aromatic nitrogens is 3. The van der Waals surface area contributed by atoms with Crippen LogP contribution < -0.4 is 10.2 Å². The number of carbonyl (C=O) groups is 1. The van der Waals surface area contributed by atoms with E-state index < -0.39 is 0 Å². The lowest BCUT2D eigenvalue weighted by Gasteiger charge is -2.33. The topological polar surface area (TPSA) is 73.9 Å². The van der Waals surface area contributed by atoms with Crippen molar-refractivity contribution in [2.75, 3.05) is 18.0 Å². The van der Waals surface area contributed by atoms with E-state index in [2.05, 4.69) is 25.4 Å². The molecule has 154 valence electrons. The highest BCUT2D eigenvalue weighted by Crippen LogP contribution is 2.34. The second kappa shape index (κ2) is 7.89. The van der Waals surface area contributed by atoms with Crippen molar-refractivity contribution >= 4 is 11.7 Å². The number of H-pyrrole nitrogens is 1. The third kappa shape index (κ3) is 3.92. The van der Waals surface area contributed by atoms with E-state index in [0.717, 1.165) is 61.4 Å². The number of benzene rings is 1. The Hall–Kier alpha value is -3.22. The Balaban J connectivity index is 1.35. The standard InChI is InChI=1S/C23H24FN5O/c24-18-5-3-15(4-6-18)20-13-26-28-22(20)17-2-1-11-29(14-17)21-12-16(9-10-25-21)23(30)27-19-7-8-19/h3-6,9-10,12-13,17,19H,1-2,7-8,11,14H2,(H,26,28)(H,27,30). The molecule has 2 N–H and O–H groups in total. The highest BCUT2D eigenvalue weighted by molar-refractivity contribution is 5.95. The predicted octanol–water partition coefficient (Wildman–Crippen LogP) is 3.89. The van der Waals surface area contributed by atoms with E-state index in [9.17, 15) is 9.18 Å². The average Bonchev–Trinajstić information content (AvgIpc) is 3.46. The van der Waals surface area contributed by atoms with Gasteiger partial charge < -0.3 is 10.2 Å². The molecule has 1 saturated heterocycles. The van der Waals surface area contributed by atoms with Crippen molar-refractivity contribution in [2.24, 2.45) is 0 Å². The number of nitrogens with zero attached hydrogens (tertiary/aromatic N) is 3. The molecule has 0 spiro atoms. The first-order chi connectivity index (χ1) is 14.7. The van der Waals surface area contributed by atoms with Crippen molar-refractivity contribution in [1.29, 1.82) is 0 Å². The van der Waals surface area contributed by atoms with Crippen molar-refractivity contribution < 1.29 is 9.18 Å². The number of hydrogen-bond donors (Lipinski definition) is 2. The number of pyridine rings is 1. The lowest BCUT2D eigenvalue weighted by atomic mass is 9.90. The molecule has 7 heteroatoms. The Labute approximate surface area is 174 Å². The number of hydrogen-bond acceptors (Lipinski definition) is 4. The van der Waals surface area contributed by atoms with Crippen molar-refractivity contribution in [3.05, 3.63) is 65.9 Å². The number of anilines is 1. The van der Waals surface area contributed by atoms with Crippen LogP contribution in [0, 0.1) is 5.82 Å². The van der Waals surface area contributed by atoms with Gasteiger partial charge in [0.2, 0.25) is 0 Å². The largest absolute Gasteiger partial charge is 0.356 e. The van der Waals surface area contributed by atoms with E-state index in [1.54, 1.807) is 24.4 Å². The van der Waals surface area contributed by atoms with Gasteiger partial charge in [0.1, 0.15) is 11.6 Å². The van der Waals surface area contributed by atoms with Crippen LogP contribution in [0.3, 0.4) is 0 Å². The molecule has 2 aliphatic rings. The Morgan fingerprint density at radius 3 is 2.80 bits per heavy atom. The Morgan fingerprint density at radius 1 is 1.17 bits per heavy atom. The molecular formula is C23H24FN5O. The molecule has 1 atom stereocenters. The molecule has 1 saturated carbocycles. The fraction of sp³-hybridized carbons (Fsp3) is 0.348. The van der Waals surface area contributed by atoms with Crippen LogP contribution in [0.25, 0.3) is 11.1 Å². The maximum absolute atomic E-state index is 13.3. The summed E-state index contributed by atoms with van der Waals surface area (Å²) in [5.74, 6) is 0.809. The first kappa shape index (κ1) is 18.8. The van der Waals surface area contributed by atoms with Gasteiger partial charge in [-0.05, 0) is 55.5 Å². The first-order valence-electron chi connectivity index (χ1n) is 10.5. The molecule has 1 aliphatic carbocycles. The third-order valence-electron chi connectivity index (χ3n) is 5.90. The normalized spacial score (nSPS) is 19.0. The van der Waals surface area contributed by atoms with Gasteiger partial charge in [0.05, 0.1) is 6.20 Å². The van der Waals surface area contributed by atoms with E-state index in [1.807, 2.05) is 12.3 Å².